The third-order valence-electron chi connectivity index (χ3n) is 3.02. The number of carboxylic acid groups (broad SMARTS) is 2. The van der Waals surface area contributed by atoms with Gasteiger partial charge < -0.3 is 20.3 Å². The van der Waals surface area contributed by atoms with Crippen LogP contribution in [-0.4, -0.2) is 28.8 Å². The third-order valence-corrected chi connectivity index (χ3v) is 4.06. The number of ether oxygens (including phenoxy) is 1. The number of carboxylic acids is 2. The van der Waals surface area contributed by atoms with Crippen molar-refractivity contribution in [3.8, 4) is 5.75 Å². The van der Waals surface area contributed by atoms with E-state index < -0.39 is 18.5 Å². The quantitative estimate of drug-likeness (QED) is 0.580. The van der Waals surface area contributed by atoms with E-state index in [1.165, 1.54) is 12.1 Å². The van der Waals surface area contributed by atoms with Crippen LogP contribution in [0.4, 0.5) is 5.69 Å². The first-order valence-electron chi connectivity index (χ1n) is 6.76. The average molecular weight is 459 g/mol. The second-order valence-corrected chi connectivity index (χ2v) is 6.57. The molecule has 6 nitrogen and oxygen atoms in total. The van der Waals surface area contributed by atoms with Gasteiger partial charge in [0.1, 0.15) is 5.75 Å². The van der Waals surface area contributed by atoms with Crippen LogP contribution in [0.5, 0.6) is 5.75 Å². The molecule has 0 aromatic heterocycles. The minimum absolute atomic E-state index is 0.178. The maximum atomic E-state index is 11.0. The van der Waals surface area contributed by atoms with E-state index in [2.05, 4.69) is 37.2 Å². The van der Waals surface area contributed by atoms with Crippen molar-refractivity contribution < 1.29 is 24.5 Å². The monoisotopic (exact) mass is 457 g/mol. The molecule has 0 saturated carbocycles. The van der Waals surface area contributed by atoms with E-state index in [1.807, 2.05) is 0 Å². The Balaban J connectivity index is 2.20. The first-order valence-corrected chi connectivity index (χ1v) is 8.35. The molecule has 126 valence electrons. The molecule has 24 heavy (non-hydrogen) atoms. The predicted octanol–water partition coefficient (Wildman–Crippen LogP) is 3.99. The molecule has 2 aromatic carbocycles. The highest BCUT2D eigenvalue weighted by Gasteiger charge is 2.12. The highest BCUT2D eigenvalue weighted by molar-refractivity contribution is 9.11. The molecule has 8 heteroatoms. The van der Waals surface area contributed by atoms with Gasteiger partial charge in [0.15, 0.2) is 6.61 Å². The van der Waals surface area contributed by atoms with Crippen LogP contribution in [0.2, 0.25) is 0 Å². The molecule has 0 heterocycles. The lowest BCUT2D eigenvalue weighted by Gasteiger charge is -2.14. The second-order valence-electron chi connectivity index (χ2n) is 4.80. The molecule has 0 amide bonds. The van der Waals surface area contributed by atoms with Crippen molar-refractivity contribution in [2.45, 2.75) is 6.54 Å². The number of nitrogens with one attached hydrogen (secondary N) is 1. The molecule has 0 aliphatic heterocycles. The molecule has 0 saturated heterocycles. The number of carbonyl (C=O) groups is 2. The van der Waals surface area contributed by atoms with Crippen LogP contribution < -0.4 is 10.1 Å². The second kappa shape index (κ2) is 8.16. The molecule has 0 spiro atoms. The SMILES string of the molecule is O=C(O)COc1c(Br)cc(Br)cc1CNc1cccc(C(=O)O)c1. The summed E-state index contributed by atoms with van der Waals surface area (Å²) in [5, 5.41) is 20.9. The van der Waals surface area contributed by atoms with Gasteiger partial charge in [0.05, 0.1) is 10.0 Å². The van der Waals surface area contributed by atoms with Gasteiger partial charge in [0.2, 0.25) is 0 Å². The van der Waals surface area contributed by atoms with Crippen LogP contribution >= 0.6 is 31.9 Å². The molecule has 3 N–H and O–H groups in total. The summed E-state index contributed by atoms with van der Waals surface area (Å²) in [6, 6.07) is 9.97. The molecule has 0 unspecified atom stereocenters. The van der Waals surface area contributed by atoms with E-state index in [4.69, 9.17) is 14.9 Å². The molecular weight excluding hydrogens is 446 g/mol. The number of aliphatic carboxylic acids is 1. The first kappa shape index (κ1) is 18.3. The van der Waals surface area contributed by atoms with Crippen molar-refractivity contribution in [2.75, 3.05) is 11.9 Å². The first-order chi connectivity index (χ1) is 11.4. The van der Waals surface area contributed by atoms with E-state index in [0.717, 1.165) is 10.0 Å². The highest BCUT2D eigenvalue weighted by Crippen LogP contribution is 2.33. The Bertz CT molecular complexity index is 779. The van der Waals surface area contributed by atoms with Crippen LogP contribution in [0.15, 0.2) is 45.3 Å². The molecule has 0 fully saturated rings. The minimum Gasteiger partial charge on any atom is -0.480 e. The largest absolute Gasteiger partial charge is 0.480 e. The number of halogens is 2. The fourth-order valence-corrected chi connectivity index (χ4v) is 3.43. The molecule has 0 bridgehead atoms. The zero-order valence-corrected chi connectivity index (χ0v) is 15.4. The summed E-state index contributed by atoms with van der Waals surface area (Å²) in [6.45, 7) is -0.127. The Morgan fingerprint density at radius 1 is 1.12 bits per heavy atom. The van der Waals surface area contributed by atoms with Gasteiger partial charge in [-0.25, -0.2) is 9.59 Å². The molecule has 0 aliphatic rings. The van der Waals surface area contributed by atoms with Crippen LogP contribution in [0.3, 0.4) is 0 Å². The fraction of sp³-hybridized carbons (Fsp3) is 0.125. The summed E-state index contributed by atoms with van der Waals surface area (Å²) in [5.41, 5.74) is 1.53. The Morgan fingerprint density at radius 2 is 1.88 bits per heavy atom. The topological polar surface area (TPSA) is 95.9 Å². The van der Waals surface area contributed by atoms with Gasteiger partial charge in [-0.3, -0.25) is 0 Å². The fourth-order valence-electron chi connectivity index (χ4n) is 2.00. The number of hydrogen-bond acceptors (Lipinski definition) is 4. The van der Waals surface area contributed by atoms with E-state index in [1.54, 1.807) is 24.3 Å². The number of anilines is 1. The van der Waals surface area contributed by atoms with Crippen LogP contribution in [0.25, 0.3) is 0 Å². The number of aromatic carboxylic acids is 1. The lowest BCUT2D eigenvalue weighted by molar-refractivity contribution is -0.139. The predicted molar refractivity (Wildman–Crippen MR) is 95.7 cm³/mol. The minimum atomic E-state index is -1.07. The molecule has 0 atom stereocenters. The Labute approximate surface area is 154 Å². The zero-order chi connectivity index (χ0) is 17.7. The zero-order valence-electron chi connectivity index (χ0n) is 12.3. The van der Waals surface area contributed by atoms with Crippen LogP contribution in [0, 0.1) is 0 Å². The van der Waals surface area contributed by atoms with Gasteiger partial charge in [0, 0.05) is 22.3 Å². The summed E-state index contributed by atoms with van der Waals surface area (Å²) >= 11 is 6.73. The van der Waals surface area contributed by atoms with Gasteiger partial charge in [-0.15, -0.1) is 0 Å². The van der Waals surface area contributed by atoms with Gasteiger partial charge in [-0.1, -0.05) is 22.0 Å². The van der Waals surface area contributed by atoms with Crippen LogP contribution in [-0.2, 0) is 11.3 Å². The van der Waals surface area contributed by atoms with Crippen molar-refractivity contribution >= 4 is 49.5 Å². The number of rotatable bonds is 7. The summed E-state index contributed by atoms with van der Waals surface area (Å²) in [6.07, 6.45) is 0. The summed E-state index contributed by atoms with van der Waals surface area (Å²) in [7, 11) is 0. The lowest BCUT2D eigenvalue weighted by Crippen LogP contribution is -2.12. The van der Waals surface area contributed by atoms with Gasteiger partial charge in [-0.2, -0.15) is 0 Å². The summed E-state index contributed by atoms with van der Waals surface area (Å²) in [4.78, 5) is 21.7. The number of benzene rings is 2. The Morgan fingerprint density at radius 3 is 2.54 bits per heavy atom. The smallest absolute Gasteiger partial charge is 0.341 e. The van der Waals surface area contributed by atoms with E-state index >= 15 is 0 Å². The van der Waals surface area contributed by atoms with Crippen molar-refractivity contribution in [2.24, 2.45) is 0 Å². The van der Waals surface area contributed by atoms with Crippen LogP contribution in [0.1, 0.15) is 15.9 Å². The van der Waals surface area contributed by atoms with Crippen molar-refractivity contribution in [3.63, 3.8) is 0 Å². The highest BCUT2D eigenvalue weighted by atomic mass is 79.9. The number of hydrogen-bond donors (Lipinski definition) is 3. The summed E-state index contributed by atoms with van der Waals surface area (Å²) < 4.78 is 6.75. The molecule has 0 aliphatic carbocycles. The van der Waals surface area contributed by atoms with Gasteiger partial charge >= 0.3 is 11.9 Å². The normalized spacial score (nSPS) is 10.2. The van der Waals surface area contributed by atoms with Crippen molar-refractivity contribution in [3.05, 3.63) is 56.5 Å². The Kier molecular flexibility index (Phi) is 6.22. The van der Waals surface area contributed by atoms with Crippen molar-refractivity contribution in [1.82, 2.24) is 0 Å². The van der Waals surface area contributed by atoms with Gasteiger partial charge in [0.25, 0.3) is 0 Å². The molecule has 2 rings (SSSR count). The molecule has 2 aromatic rings. The van der Waals surface area contributed by atoms with Crippen molar-refractivity contribution in [1.29, 1.82) is 0 Å². The molecule has 0 radical (unpaired) electrons. The maximum Gasteiger partial charge on any atom is 0.341 e. The van der Waals surface area contributed by atoms with E-state index in [0.29, 0.717) is 22.5 Å². The lowest BCUT2D eigenvalue weighted by atomic mass is 10.1. The maximum absolute atomic E-state index is 11.0. The van der Waals surface area contributed by atoms with E-state index in [9.17, 15) is 9.59 Å². The van der Waals surface area contributed by atoms with Gasteiger partial charge in [-0.05, 0) is 46.3 Å². The third kappa shape index (κ3) is 4.97. The average Bonchev–Trinajstić information content (AvgIpc) is 2.51. The molecular formula is C16H13Br2NO5. The van der Waals surface area contributed by atoms with E-state index in [-0.39, 0.29) is 5.56 Å². The standard InChI is InChI=1S/C16H13Br2NO5/c17-11-4-10(15(13(18)6-11)24-8-14(20)21)7-19-12-3-1-2-9(5-12)16(22)23/h1-6,19H,7-8H2,(H,20,21)(H,22,23). The summed E-state index contributed by atoms with van der Waals surface area (Å²) in [5.74, 6) is -1.66. The Hall–Kier alpha value is -2.06.